The fraction of sp³-hybridized carbons (Fsp3) is 0.727. The second-order valence-corrected chi connectivity index (χ2v) is 10.9. The number of aromatic nitrogens is 1. The minimum absolute atomic E-state index is 0.00892. The first-order valence-electron chi connectivity index (χ1n) is 11.4. The molecule has 2 N–H and O–H groups in total. The van der Waals surface area contributed by atoms with E-state index in [1.165, 1.54) is 0 Å². The molecule has 4 rings (SSSR count). The van der Waals surface area contributed by atoms with Crippen molar-refractivity contribution in [1.29, 1.82) is 0 Å². The van der Waals surface area contributed by atoms with Crippen LogP contribution in [0.15, 0.2) is 12.3 Å². The van der Waals surface area contributed by atoms with E-state index in [0.717, 1.165) is 56.1 Å². The average molecular weight is 468 g/mol. The van der Waals surface area contributed by atoms with E-state index in [1.807, 2.05) is 6.07 Å². The van der Waals surface area contributed by atoms with Crippen molar-refractivity contribution in [3.05, 3.63) is 23.4 Å². The van der Waals surface area contributed by atoms with Crippen LogP contribution in [-0.2, 0) is 24.3 Å². The summed E-state index contributed by atoms with van der Waals surface area (Å²) < 4.78 is 44.5. The SMILES string of the molecule is Cc1ccnc(OCC=O)c1C1CCC(OC[C@@H]2NCC[C@@H]2NS(=O)(=O)C2COC2)CC1. The maximum Gasteiger partial charge on any atom is 0.219 e. The molecule has 3 fully saturated rings. The van der Waals surface area contributed by atoms with Crippen LogP contribution in [0.4, 0.5) is 0 Å². The number of sulfonamides is 1. The zero-order valence-corrected chi connectivity index (χ0v) is 19.3. The van der Waals surface area contributed by atoms with Gasteiger partial charge in [-0.1, -0.05) is 0 Å². The van der Waals surface area contributed by atoms with Crippen LogP contribution in [0.1, 0.15) is 49.1 Å². The van der Waals surface area contributed by atoms with Gasteiger partial charge >= 0.3 is 0 Å². The third kappa shape index (κ3) is 5.48. The first-order valence-corrected chi connectivity index (χ1v) is 13.0. The van der Waals surface area contributed by atoms with Gasteiger partial charge in [-0.2, -0.15) is 0 Å². The predicted octanol–water partition coefficient (Wildman–Crippen LogP) is 1.06. The monoisotopic (exact) mass is 467 g/mol. The number of pyridine rings is 1. The highest BCUT2D eigenvalue weighted by molar-refractivity contribution is 7.90. The summed E-state index contributed by atoms with van der Waals surface area (Å²) in [6, 6.07) is 1.81. The highest BCUT2D eigenvalue weighted by atomic mass is 32.2. The van der Waals surface area contributed by atoms with Crippen LogP contribution >= 0.6 is 0 Å². The second kappa shape index (κ2) is 10.6. The lowest BCUT2D eigenvalue weighted by atomic mass is 9.81. The van der Waals surface area contributed by atoms with E-state index < -0.39 is 15.3 Å². The van der Waals surface area contributed by atoms with E-state index in [0.29, 0.717) is 18.4 Å². The summed E-state index contributed by atoms with van der Waals surface area (Å²) in [5.41, 5.74) is 2.23. The minimum Gasteiger partial charge on any atom is -0.470 e. The topological polar surface area (TPSA) is 116 Å². The molecule has 1 aromatic rings. The van der Waals surface area contributed by atoms with Gasteiger partial charge in [0.1, 0.15) is 11.9 Å². The highest BCUT2D eigenvalue weighted by Gasteiger charge is 2.38. The van der Waals surface area contributed by atoms with E-state index in [-0.39, 0.29) is 38.0 Å². The quantitative estimate of drug-likeness (QED) is 0.491. The summed E-state index contributed by atoms with van der Waals surface area (Å²) in [5.74, 6) is 0.891. The molecule has 2 saturated heterocycles. The third-order valence-electron chi connectivity index (χ3n) is 6.76. The van der Waals surface area contributed by atoms with Crippen molar-refractivity contribution < 1.29 is 27.4 Å². The molecule has 0 radical (unpaired) electrons. The number of nitrogens with zero attached hydrogens (tertiary/aromatic N) is 1. The first kappa shape index (κ1) is 23.6. The molecule has 9 nitrogen and oxygen atoms in total. The van der Waals surface area contributed by atoms with E-state index >= 15 is 0 Å². The van der Waals surface area contributed by atoms with E-state index in [2.05, 4.69) is 21.9 Å². The number of rotatable bonds is 10. The van der Waals surface area contributed by atoms with Gasteiger partial charge in [-0.05, 0) is 63.1 Å². The normalized spacial score (nSPS) is 28.9. The fourth-order valence-corrected chi connectivity index (χ4v) is 6.26. The molecule has 2 atom stereocenters. The van der Waals surface area contributed by atoms with Crippen molar-refractivity contribution in [2.45, 2.75) is 68.4 Å². The maximum atomic E-state index is 12.4. The minimum atomic E-state index is -3.35. The highest BCUT2D eigenvalue weighted by Crippen LogP contribution is 2.39. The number of hydrogen-bond acceptors (Lipinski definition) is 8. The van der Waals surface area contributed by atoms with Gasteiger partial charge in [-0.15, -0.1) is 0 Å². The number of aldehydes is 1. The first-order chi connectivity index (χ1) is 15.5. The lowest BCUT2D eigenvalue weighted by Gasteiger charge is -2.32. The molecule has 0 spiro atoms. The Bertz CT molecular complexity index is 884. The largest absolute Gasteiger partial charge is 0.470 e. The van der Waals surface area contributed by atoms with Crippen LogP contribution < -0.4 is 14.8 Å². The van der Waals surface area contributed by atoms with Crippen LogP contribution in [0.25, 0.3) is 0 Å². The number of carbonyl (C=O) groups is 1. The smallest absolute Gasteiger partial charge is 0.219 e. The van der Waals surface area contributed by atoms with Gasteiger partial charge in [0.2, 0.25) is 15.9 Å². The summed E-state index contributed by atoms with van der Waals surface area (Å²) in [5, 5.41) is 2.94. The second-order valence-electron chi connectivity index (χ2n) is 8.91. The van der Waals surface area contributed by atoms with Crippen LogP contribution in [0.3, 0.4) is 0 Å². The number of carbonyl (C=O) groups excluding carboxylic acids is 1. The Labute approximate surface area is 189 Å². The molecule has 3 aliphatic rings. The number of ether oxygens (including phenoxy) is 3. The van der Waals surface area contributed by atoms with Crippen LogP contribution in [0.5, 0.6) is 5.88 Å². The maximum absolute atomic E-state index is 12.4. The van der Waals surface area contributed by atoms with Gasteiger partial charge in [0.25, 0.3) is 0 Å². The number of aryl methyl sites for hydroxylation is 1. The molecule has 2 aliphatic heterocycles. The predicted molar refractivity (Wildman–Crippen MR) is 118 cm³/mol. The van der Waals surface area contributed by atoms with Crippen LogP contribution in [0.2, 0.25) is 0 Å². The molecule has 0 unspecified atom stereocenters. The molecule has 0 aromatic carbocycles. The summed E-state index contributed by atoms with van der Waals surface area (Å²) in [4.78, 5) is 15.0. The van der Waals surface area contributed by atoms with Gasteiger partial charge < -0.3 is 19.5 Å². The Balaban J connectivity index is 1.27. The Kier molecular flexibility index (Phi) is 7.78. The van der Waals surface area contributed by atoms with Crippen LogP contribution in [-0.4, -0.2) is 76.1 Å². The van der Waals surface area contributed by atoms with E-state index in [9.17, 15) is 13.2 Å². The Morgan fingerprint density at radius 1 is 1.25 bits per heavy atom. The van der Waals surface area contributed by atoms with E-state index in [1.54, 1.807) is 6.20 Å². The lowest BCUT2D eigenvalue weighted by Crippen LogP contribution is -2.53. The standard InChI is InChI=1S/C22H33N3O6S/c1-15-6-8-24-22(30-11-10-26)21(15)16-2-4-17(5-3-16)31-14-20-19(7-9-23-20)25-32(27,28)18-12-29-13-18/h6,8,10,16-20,23,25H,2-5,7,9,11-14H2,1H3/t16?,17?,19-,20-/m0/s1. The zero-order chi connectivity index (χ0) is 22.6. The van der Waals surface area contributed by atoms with Crippen molar-refractivity contribution in [3.63, 3.8) is 0 Å². The van der Waals surface area contributed by atoms with Gasteiger partial charge in [0.15, 0.2) is 6.29 Å². The number of nitrogens with one attached hydrogen (secondary N) is 2. The van der Waals surface area contributed by atoms with Gasteiger partial charge in [0.05, 0.1) is 25.9 Å². The summed E-state index contributed by atoms with van der Waals surface area (Å²) in [6.07, 6.45) is 7.14. The fourth-order valence-electron chi connectivity index (χ4n) is 4.81. The van der Waals surface area contributed by atoms with Crippen molar-refractivity contribution in [3.8, 4) is 5.88 Å². The average Bonchev–Trinajstić information content (AvgIpc) is 3.15. The summed E-state index contributed by atoms with van der Waals surface area (Å²) >= 11 is 0. The van der Waals surface area contributed by atoms with Crippen molar-refractivity contribution >= 4 is 16.3 Å². The Morgan fingerprint density at radius 2 is 2.03 bits per heavy atom. The molecular weight excluding hydrogens is 434 g/mol. The van der Waals surface area contributed by atoms with E-state index in [4.69, 9.17) is 14.2 Å². The molecule has 1 saturated carbocycles. The molecule has 0 bridgehead atoms. The lowest BCUT2D eigenvalue weighted by molar-refractivity contribution is -0.109. The third-order valence-corrected chi connectivity index (χ3v) is 8.54. The molecule has 1 aromatic heterocycles. The molecule has 1 aliphatic carbocycles. The van der Waals surface area contributed by atoms with Gasteiger partial charge in [0, 0.05) is 23.8 Å². The molecule has 3 heterocycles. The molecule has 178 valence electrons. The Hall–Kier alpha value is -1.59. The van der Waals surface area contributed by atoms with Crippen molar-refractivity contribution in [2.24, 2.45) is 0 Å². The molecular formula is C22H33N3O6S. The Morgan fingerprint density at radius 3 is 2.72 bits per heavy atom. The molecule has 32 heavy (non-hydrogen) atoms. The van der Waals surface area contributed by atoms with Gasteiger partial charge in [-0.25, -0.2) is 18.1 Å². The van der Waals surface area contributed by atoms with Crippen molar-refractivity contribution in [1.82, 2.24) is 15.0 Å². The summed E-state index contributed by atoms with van der Waals surface area (Å²) in [6.45, 7) is 3.88. The zero-order valence-electron chi connectivity index (χ0n) is 18.5. The molecule has 0 amide bonds. The molecule has 10 heteroatoms. The van der Waals surface area contributed by atoms with Gasteiger partial charge in [-0.3, -0.25) is 4.79 Å². The number of hydrogen-bond donors (Lipinski definition) is 2. The van der Waals surface area contributed by atoms with Crippen LogP contribution in [0, 0.1) is 6.92 Å². The summed E-state index contributed by atoms with van der Waals surface area (Å²) in [7, 11) is -3.35. The van der Waals surface area contributed by atoms with Crippen molar-refractivity contribution in [2.75, 3.05) is 33.0 Å².